The molecule has 6 heteroatoms. The Balaban J connectivity index is 0.000000810. The first kappa shape index (κ1) is 15.4. The molecule has 0 atom stereocenters. The second-order valence-corrected chi connectivity index (χ2v) is 4.35. The van der Waals surface area contributed by atoms with Gasteiger partial charge in [0.05, 0.1) is 13.2 Å². The van der Waals surface area contributed by atoms with E-state index in [0.717, 1.165) is 38.5 Å². The van der Waals surface area contributed by atoms with E-state index in [9.17, 15) is 0 Å². The average molecular weight is 290 g/mol. The summed E-state index contributed by atoms with van der Waals surface area (Å²) in [6.07, 6.45) is 0. The monoisotopic (exact) mass is 289 g/mol. The molecule has 0 aromatic heterocycles. The van der Waals surface area contributed by atoms with Gasteiger partial charge in [-0.15, -0.1) is 0 Å². The predicted octanol–water partition coefficient (Wildman–Crippen LogP) is -7.15. The molecule has 0 amide bonds. The van der Waals surface area contributed by atoms with Crippen LogP contribution >= 0.6 is 0 Å². The van der Waals surface area contributed by atoms with E-state index in [1.165, 1.54) is 11.5 Å². The third kappa shape index (κ3) is 3.43. The molecule has 0 radical (unpaired) electrons. The lowest BCUT2D eigenvalue weighted by molar-refractivity contribution is -0.902. The summed E-state index contributed by atoms with van der Waals surface area (Å²) in [5.74, 6) is 1.21. The summed E-state index contributed by atoms with van der Waals surface area (Å²) < 4.78 is 5.36. The zero-order valence-corrected chi connectivity index (χ0v) is 11.5. The van der Waals surface area contributed by atoms with Gasteiger partial charge in [-0.25, -0.2) is 0 Å². The van der Waals surface area contributed by atoms with Crippen molar-refractivity contribution in [1.29, 1.82) is 0 Å². The Kier molecular flexibility index (Phi) is 6.05. The number of quaternary nitrogens is 2. The summed E-state index contributed by atoms with van der Waals surface area (Å²) in [4.78, 5) is 6.22. The van der Waals surface area contributed by atoms with E-state index in [2.05, 4.69) is 28.5 Å². The van der Waals surface area contributed by atoms with Gasteiger partial charge < -0.3 is 34.5 Å². The molecule has 3 rings (SSSR count). The zero-order chi connectivity index (χ0) is 10.8. The van der Waals surface area contributed by atoms with Crippen molar-refractivity contribution < 1.29 is 39.8 Å². The van der Waals surface area contributed by atoms with Crippen molar-refractivity contribution in [3.8, 4) is 0 Å². The number of nitrogens with two attached hydrogens (primary N) is 1. The van der Waals surface area contributed by atoms with Crippen LogP contribution in [0, 0.1) is 0 Å². The van der Waals surface area contributed by atoms with Crippen molar-refractivity contribution in [2.24, 2.45) is 4.99 Å². The highest BCUT2D eigenvalue weighted by molar-refractivity contribution is 5.85. The van der Waals surface area contributed by atoms with Gasteiger partial charge in [-0.3, -0.25) is 5.32 Å². The van der Waals surface area contributed by atoms with Gasteiger partial charge in [-0.05, 0) is 6.07 Å². The molecule has 2 aliphatic rings. The molecule has 2 aliphatic heterocycles. The van der Waals surface area contributed by atoms with Crippen LogP contribution in [0.4, 0.5) is 11.4 Å². The van der Waals surface area contributed by atoms with Gasteiger partial charge >= 0.3 is 0 Å². The van der Waals surface area contributed by atoms with Crippen LogP contribution < -0.4 is 35.0 Å². The van der Waals surface area contributed by atoms with Crippen LogP contribution in [-0.2, 0) is 4.74 Å². The summed E-state index contributed by atoms with van der Waals surface area (Å²) in [6, 6.07) is 8.31. The minimum Gasteiger partial charge on any atom is -1.00 e. The first-order valence-corrected chi connectivity index (χ1v) is 5.84. The van der Waals surface area contributed by atoms with Crippen molar-refractivity contribution in [2.75, 3.05) is 32.8 Å². The summed E-state index contributed by atoms with van der Waals surface area (Å²) in [5, 5.41) is 2.21. The van der Waals surface area contributed by atoms with Gasteiger partial charge in [0.2, 0.25) is 0 Å². The fraction of sp³-hybridized carbons (Fsp3) is 0.417. The maximum absolute atomic E-state index is 5.36. The Hall–Kier alpha value is -0.650. The molecule has 18 heavy (non-hydrogen) atoms. The number of nitrogens with zero attached hydrogens (tertiary/aromatic N) is 1. The molecule has 3 N–H and O–H groups in total. The van der Waals surface area contributed by atoms with Crippen LogP contribution in [-0.4, -0.2) is 38.7 Å². The molecule has 4 nitrogen and oxygen atoms in total. The molecule has 0 bridgehead atoms. The standard InChI is InChI=1S/C12H15N3O.2ClH/c1-2-4-11-10(3-1)13-12(14-11)9-15-5-7-16-8-6-15;;/h1-4H,5-9H2,(H,13,14);2*1H. The van der Waals surface area contributed by atoms with E-state index in [-0.39, 0.29) is 24.8 Å². The molecule has 1 saturated heterocycles. The van der Waals surface area contributed by atoms with Crippen LogP contribution in [0.1, 0.15) is 0 Å². The van der Waals surface area contributed by atoms with Crippen molar-refractivity contribution >= 4 is 17.2 Å². The highest BCUT2D eigenvalue weighted by Gasteiger charge is 2.24. The highest BCUT2D eigenvalue weighted by Crippen LogP contribution is 2.22. The first-order valence-electron chi connectivity index (χ1n) is 5.84. The van der Waals surface area contributed by atoms with Crippen molar-refractivity contribution in [1.82, 2.24) is 0 Å². The van der Waals surface area contributed by atoms with Gasteiger partial charge in [0.25, 0.3) is 5.84 Å². The molecule has 1 aromatic rings. The van der Waals surface area contributed by atoms with Crippen LogP contribution in [0.3, 0.4) is 0 Å². The van der Waals surface area contributed by atoms with Crippen LogP contribution in [0.5, 0.6) is 0 Å². The number of para-hydroxylation sites is 2. The first-order chi connectivity index (χ1) is 7.92. The third-order valence-corrected chi connectivity index (χ3v) is 3.15. The summed E-state index contributed by atoms with van der Waals surface area (Å²) >= 11 is 0. The quantitative estimate of drug-likeness (QED) is 0.522. The molecule has 2 heterocycles. The van der Waals surface area contributed by atoms with Crippen LogP contribution in [0.15, 0.2) is 29.3 Å². The maximum atomic E-state index is 5.36. The molecule has 1 fully saturated rings. The van der Waals surface area contributed by atoms with Crippen molar-refractivity contribution in [2.45, 2.75) is 0 Å². The zero-order valence-electron chi connectivity index (χ0n) is 10.0. The number of hydrogen-bond acceptors (Lipinski definition) is 2. The number of halogens is 2. The molecule has 0 saturated carbocycles. The maximum Gasteiger partial charge on any atom is 0.261 e. The predicted molar refractivity (Wildman–Crippen MR) is 61.5 cm³/mol. The smallest absolute Gasteiger partial charge is 0.261 e. The molecule has 0 unspecified atom stereocenters. The Morgan fingerprint density at radius 3 is 2.61 bits per heavy atom. The van der Waals surface area contributed by atoms with Gasteiger partial charge in [-0.2, -0.15) is 4.99 Å². The SMILES string of the molecule is [Cl-].[Cl-].c1ccc2c(c1)N=C(C[NH+]1CCOCC1)[NH2+]2. The Bertz CT molecular complexity index is 420. The largest absolute Gasteiger partial charge is 1.00 e. The third-order valence-electron chi connectivity index (χ3n) is 3.15. The molecular weight excluding hydrogens is 273 g/mol. The second kappa shape index (κ2) is 7.07. The topological polar surface area (TPSA) is 42.6 Å². The average Bonchev–Trinajstić information content (AvgIpc) is 2.72. The van der Waals surface area contributed by atoms with Gasteiger partial charge in [0, 0.05) is 6.07 Å². The normalized spacial score (nSPS) is 18.3. The number of aliphatic imine (C=N–C) groups is 1. The van der Waals surface area contributed by atoms with E-state index in [1.54, 1.807) is 4.90 Å². The number of benzene rings is 1. The molecule has 1 aromatic carbocycles. The molecule has 0 spiro atoms. The summed E-state index contributed by atoms with van der Waals surface area (Å²) in [7, 11) is 0. The number of rotatable bonds is 2. The molecule has 100 valence electrons. The fourth-order valence-corrected chi connectivity index (χ4v) is 2.26. The summed E-state index contributed by atoms with van der Waals surface area (Å²) in [6.45, 7) is 5.00. The van der Waals surface area contributed by atoms with E-state index < -0.39 is 0 Å². The van der Waals surface area contributed by atoms with E-state index in [0.29, 0.717) is 0 Å². The lowest BCUT2D eigenvalue weighted by Crippen LogP contribution is -3.16. The van der Waals surface area contributed by atoms with Gasteiger partial charge in [0.1, 0.15) is 18.8 Å². The number of fused-ring (bicyclic) bond motifs is 1. The Labute approximate surface area is 119 Å². The van der Waals surface area contributed by atoms with E-state index >= 15 is 0 Å². The number of ether oxygens (including phenoxy) is 1. The lowest BCUT2D eigenvalue weighted by Gasteiger charge is -2.22. The molecule has 0 aliphatic carbocycles. The highest BCUT2D eigenvalue weighted by atomic mass is 35.5. The molecular formula is C12H17Cl2N3O. The minimum atomic E-state index is 0. The Morgan fingerprint density at radius 2 is 1.89 bits per heavy atom. The van der Waals surface area contributed by atoms with Crippen molar-refractivity contribution in [3.05, 3.63) is 24.3 Å². The van der Waals surface area contributed by atoms with Crippen molar-refractivity contribution in [3.63, 3.8) is 0 Å². The second-order valence-electron chi connectivity index (χ2n) is 4.35. The summed E-state index contributed by atoms with van der Waals surface area (Å²) in [5.41, 5.74) is 2.37. The minimum absolute atomic E-state index is 0. The van der Waals surface area contributed by atoms with Gasteiger partial charge in [0.15, 0.2) is 12.2 Å². The van der Waals surface area contributed by atoms with Crippen LogP contribution in [0.25, 0.3) is 0 Å². The number of morpholine rings is 1. The van der Waals surface area contributed by atoms with E-state index in [1.807, 2.05) is 6.07 Å². The number of amidine groups is 1. The number of hydrogen-bond donors (Lipinski definition) is 2. The number of nitrogens with one attached hydrogen (secondary N) is 1. The Morgan fingerprint density at radius 1 is 1.17 bits per heavy atom. The van der Waals surface area contributed by atoms with Gasteiger partial charge in [-0.1, -0.05) is 12.1 Å². The lowest BCUT2D eigenvalue weighted by atomic mass is 10.3. The van der Waals surface area contributed by atoms with E-state index in [4.69, 9.17) is 4.74 Å². The fourth-order valence-electron chi connectivity index (χ4n) is 2.26. The van der Waals surface area contributed by atoms with Crippen LogP contribution in [0.2, 0.25) is 0 Å².